The minimum Gasteiger partial charge on any atom is -0.508 e. The highest BCUT2D eigenvalue weighted by Gasteiger charge is 2.43. The van der Waals surface area contributed by atoms with Crippen LogP contribution < -0.4 is 0 Å². The van der Waals surface area contributed by atoms with Gasteiger partial charge in [-0.15, -0.1) is 0 Å². The van der Waals surface area contributed by atoms with Gasteiger partial charge in [0.15, 0.2) is 0 Å². The van der Waals surface area contributed by atoms with Crippen molar-refractivity contribution in [2.45, 2.75) is 36.9 Å². The predicted molar refractivity (Wildman–Crippen MR) is 95.1 cm³/mol. The smallest absolute Gasteiger partial charge is 0.115 e. The minimum atomic E-state index is -1.43. The molecule has 3 rings (SSSR count). The molecule has 140 valence electrons. The van der Waals surface area contributed by atoms with Crippen LogP contribution in [0.3, 0.4) is 0 Å². The van der Waals surface area contributed by atoms with E-state index in [-0.39, 0.29) is 5.75 Å². The van der Waals surface area contributed by atoms with E-state index in [2.05, 4.69) is 0 Å². The van der Waals surface area contributed by atoms with Crippen LogP contribution in [0, 0.1) is 0 Å². The Morgan fingerprint density at radius 3 is 2.27 bits per heavy atom. The van der Waals surface area contributed by atoms with Crippen molar-refractivity contribution < 1.29 is 30.3 Å². The van der Waals surface area contributed by atoms with Gasteiger partial charge in [-0.1, -0.05) is 35.9 Å². The Balaban J connectivity index is 1.87. The average Bonchev–Trinajstić information content (AvgIpc) is 2.64. The van der Waals surface area contributed by atoms with Gasteiger partial charge in [0.05, 0.1) is 6.61 Å². The first kappa shape index (κ1) is 19.1. The number of phenolic OH excluding ortho intramolecular Hbond substituents is 1. The highest BCUT2D eigenvalue weighted by Crippen LogP contribution is 2.34. The highest BCUT2D eigenvalue weighted by molar-refractivity contribution is 6.31. The summed E-state index contributed by atoms with van der Waals surface area (Å²) in [5.41, 5.74) is 2.31. The maximum atomic E-state index is 10.3. The third-order valence-electron chi connectivity index (χ3n) is 4.62. The van der Waals surface area contributed by atoms with Crippen LogP contribution >= 0.6 is 11.6 Å². The van der Waals surface area contributed by atoms with Crippen molar-refractivity contribution in [2.75, 3.05) is 6.61 Å². The first-order valence-electron chi connectivity index (χ1n) is 8.27. The molecule has 5 N–H and O–H groups in total. The molecule has 1 heterocycles. The van der Waals surface area contributed by atoms with Crippen LogP contribution in [0.5, 0.6) is 5.75 Å². The van der Waals surface area contributed by atoms with Gasteiger partial charge in [0.25, 0.3) is 0 Å². The molecule has 1 fully saturated rings. The van der Waals surface area contributed by atoms with E-state index in [9.17, 15) is 25.5 Å². The molecule has 1 aliphatic rings. The summed E-state index contributed by atoms with van der Waals surface area (Å²) in [7, 11) is 0. The number of benzene rings is 2. The lowest BCUT2D eigenvalue weighted by Crippen LogP contribution is -2.55. The molecule has 26 heavy (non-hydrogen) atoms. The Bertz CT molecular complexity index is 748. The van der Waals surface area contributed by atoms with Crippen molar-refractivity contribution in [1.29, 1.82) is 0 Å². The molecule has 0 radical (unpaired) electrons. The van der Waals surface area contributed by atoms with Gasteiger partial charge in [-0.25, -0.2) is 0 Å². The number of rotatable bonds is 4. The summed E-state index contributed by atoms with van der Waals surface area (Å²) in [4.78, 5) is 0. The molecular formula is C19H21ClO6. The van der Waals surface area contributed by atoms with Crippen molar-refractivity contribution in [3.8, 4) is 5.75 Å². The van der Waals surface area contributed by atoms with Crippen LogP contribution in [0.1, 0.15) is 22.8 Å². The molecule has 0 spiro atoms. The quantitative estimate of drug-likeness (QED) is 0.544. The van der Waals surface area contributed by atoms with Gasteiger partial charge in [-0.05, 0) is 41.3 Å². The van der Waals surface area contributed by atoms with Gasteiger partial charge >= 0.3 is 0 Å². The van der Waals surface area contributed by atoms with Gasteiger partial charge < -0.3 is 30.3 Å². The predicted octanol–water partition coefficient (Wildman–Crippen LogP) is 1.15. The monoisotopic (exact) mass is 380 g/mol. The fraction of sp³-hybridized carbons (Fsp3) is 0.368. The number of phenols is 1. The number of hydrogen-bond donors (Lipinski definition) is 5. The summed E-state index contributed by atoms with van der Waals surface area (Å²) in [6.07, 6.45) is -5.52. The highest BCUT2D eigenvalue weighted by atomic mass is 35.5. The number of aliphatic hydroxyl groups is 4. The van der Waals surface area contributed by atoms with E-state index < -0.39 is 37.1 Å². The SMILES string of the molecule is OC[C@H]1OC(c2ccc(Cl)c(Cc3ccc(O)cc3)c2)C(O)C(O)[C@@H]1O. The average molecular weight is 381 g/mol. The Morgan fingerprint density at radius 2 is 1.62 bits per heavy atom. The Kier molecular flexibility index (Phi) is 5.82. The van der Waals surface area contributed by atoms with Gasteiger partial charge in [0, 0.05) is 5.02 Å². The zero-order valence-corrected chi connectivity index (χ0v) is 14.6. The maximum Gasteiger partial charge on any atom is 0.115 e. The first-order valence-corrected chi connectivity index (χ1v) is 8.65. The molecule has 0 aliphatic carbocycles. The summed E-state index contributed by atoms with van der Waals surface area (Å²) in [5, 5.41) is 49.4. The van der Waals surface area contributed by atoms with E-state index in [1.807, 2.05) is 0 Å². The summed E-state index contributed by atoms with van der Waals surface area (Å²) in [6, 6.07) is 11.9. The third-order valence-corrected chi connectivity index (χ3v) is 4.99. The summed E-state index contributed by atoms with van der Waals surface area (Å²) < 4.78 is 5.59. The van der Waals surface area contributed by atoms with E-state index in [0.717, 1.165) is 11.1 Å². The zero-order chi connectivity index (χ0) is 18.8. The van der Waals surface area contributed by atoms with Crippen molar-refractivity contribution in [3.63, 3.8) is 0 Å². The number of ether oxygens (including phenoxy) is 1. The van der Waals surface area contributed by atoms with Crippen LogP contribution in [0.15, 0.2) is 42.5 Å². The summed E-state index contributed by atoms with van der Waals surface area (Å²) in [5.74, 6) is 0.176. The number of aromatic hydroxyl groups is 1. The molecule has 7 heteroatoms. The molecule has 2 aromatic rings. The van der Waals surface area contributed by atoms with E-state index >= 15 is 0 Å². The van der Waals surface area contributed by atoms with Crippen molar-refractivity contribution in [2.24, 2.45) is 0 Å². The largest absolute Gasteiger partial charge is 0.508 e. The van der Waals surface area contributed by atoms with Crippen LogP contribution in [0.25, 0.3) is 0 Å². The molecule has 0 saturated carbocycles. The van der Waals surface area contributed by atoms with Gasteiger partial charge in [-0.3, -0.25) is 0 Å². The van der Waals surface area contributed by atoms with E-state index in [0.29, 0.717) is 17.0 Å². The molecule has 0 aromatic heterocycles. The first-order chi connectivity index (χ1) is 12.4. The minimum absolute atomic E-state index is 0.176. The molecule has 3 unspecified atom stereocenters. The van der Waals surface area contributed by atoms with E-state index in [1.54, 1.807) is 42.5 Å². The summed E-state index contributed by atoms with van der Waals surface area (Å²) >= 11 is 6.28. The lowest BCUT2D eigenvalue weighted by atomic mass is 9.90. The molecule has 5 atom stereocenters. The normalized spacial score (nSPS) is 28.9. The van der Waals surface area contributed by atoms with Gasteiger partial charge in [0.2, 0.25) is 0 Å². The fourth-order valence-corrected chi connectivity index (χ4v) is 3.30. The third kappa shape index (κ3) is 3.86. The molecule has 1 saturated heterocycles. The van der Waals surface area contributed by atoms with Gasteiger partial charge in [0.1, 0.15) is 36.3 Å². The zero-order valence-electron chi connectivity index (χ0n) is 13.9. The molecule has 2 aromatic carbocycles. The van der Waals surface area contributed by atoms with Crippen LogP contribution in [-0.2, 0) is 11.2 Å². The molecule has 0 amide bonds. The van der Waals surface area contributed by atoms with Crippen LogP contribution in [-0.4, -0.2) is 56.6 Å². The number of hydrogen-bond acceptors (Lipinski definition) is 6. The van der Waals surface area contributed by atoms with Crippen molar-refractivity contribution >= 4 is 11.6 Å². The van der Waals surface area contributed by atoms with Gasteiger partial charge in [-0.2, -0.15) is 0 Å². The molecular weight excluding hydrogens is 360 g/mol. The van der Waals surface area contributed by atoms with E-state index in [1.165, 1.54) is 0 Å². The topological polar surface area (TPSA) is 110 Å². The maximum absolute atomic E-state index is 10.3. The lowest BCUT2D eigenvalue weighted by Gasteiger charge is -2.40. The lowest BCUT2D eigenvalue weighted by molar-refractivity contribution is -0.231. The summed E-state index contributed by atoms with van der Waals surface area (Å²) in [6.45, 7) is -0.477. The number of halogens is 1. The Hall–Kier alpha value is -1.67. The molecule has 0 bridgehead atoms. The second kappa shape index (κ2) is 7.92. The second-order valence-corrected chi connectivity index (χ2v) is 6.85. The van der Waals surface area contributed by atoms with E-state index in [4.69, 9.17) is 16.3 Å². The second-order valence-electron chi connectivity index (χ2n) is 6.44. The molecule has 1 aliphatic heterocycles. The van der Waals surface area contributed by atoms with Crippen LogP contribution in [0.4, 0.5) is 0 Å². The number of aliphatic hydroxyl groups excluding tert-OH is 4. The van der Waals surface area contributed by atoms with Crippen LogP contribution in [0.2, 0.25) is 5.02 Å². The standard InChI is InChI=1S/C19H21ClO6/c20-14-6-3-11(8-12(14)7-10-1-4-13(22)5-2-10)19-18(25)17(24)16(23)15(9-21)26-19/h1-6,8,15-19,21-25H,7,9H2/t15-,16-,17?,18?,19?/m1/s1. The van der Waals surface area contributed by atoms with Crippen molar-refractivity contribution in [3.05, 3.63) is 64.2 Å². The Labute approximate surface area is 155 Å². The van der Waals surface area contributed by atoms with Crippen molar-refractivity contribution in [1.82, 2.24) is 0 Å². The Morgan fingerprint density at radius 1 is 0.923 bits per heavy atom. The molecule has 6 nitrogen and oxygen atoms in total. The fourth-order valence-electron chi connectivity index (χ4n) is 3.12.